The van der Waals surface area contributed by atoms with Gasteiger partial charge >= 0.3 is 0 Å². The van der Waals surface area contributed by atoms with Gasteiger partial charge in [-0.1, -0.05) is 60.1 Å². The highest BCUT2D eigenvalue weighted by Crippen LogP contribution is 2.34. The summed E-state index contributed by atoms with van der Waals surface area (Å²) >= 11 is 6.28. The zero-order valence-electron chi connectivity index (χ0n) is 11.4. The van der Waals surface area contributed by atoms with E-state index in [9.17, 15) is 0 Å². The van der Waals surface area contributed by atoms with Gasteiger partial charge in [-0.2, -0.15) is 0 Å². The van der Waals surface area contributed by atoms with Crippen molar-refractivity contribution in [3.05, 3.63) is 70.7 Å². The average Bonchev–Trinajstić information content (AvgIpc) is 2.50. The molecule has 2 aromatic rings. The maximum atomic E-state index is 6.28. The van der Waals surface area contributed by atoms with Gasteiger partial charge in [-0.3, -0.25) is 5.84 Å². The van der Waals surface area contributed by atoms with Gasteiger partial charge in [0.25, 0.3) is 0 Å². The van der Waals surface area contributed by atoms with Crippen LogP contribution >= 0.6 is 11.6 Å². The molecule has 2 aromatic carbocycles. The van der Waals surface area contributed by atoms with Crippen LogP contribution in [0.5, 0.6) is 0 Å². The van der Waals surface area contributed by atoms with Crippen LogP contribution < -0.4 is 11.3 Å². The Hall–Kier alpha value is -1.39. The molecule has 2 atom stereocenters. The van der Waals surface area contributed by atoms with Crippen LogP contribution in [0, 0.1) is 0 Å². The number of hydrazine groups is 1. The van der Waals surface area contributed by atoms with Gasteiger partial charge in [-0.15, -0.1) is 0 Å². The number of nitrogens with one attached hydrogen (secondary N) is 1. The molecular formula is C16H19ClN2O. The molecule has 0 saturated carbocycles. The lowest BCUT2D eigenvalue weighted by Gasteiger charge is -2.28. The van der Waals surface area contributed by atoms with Crippen molar-refractivity contribution in [2.45, 2.75) is 19.1 Å². The smallest absolute Gasteiger partial charge is 0.103 e. The van der Waals surface area contributed by atoms with Crippen molar-refractivity contribution in [3.63, 3.8) is 0 Å². The van der Waals surface area contributed by atoms with Crippen LogP contribution in [0.25, 0.3) is 0 Å². The average molecular weight is 291 g/mol. The van der Waals surface area contributed by atoms with Crippen LogP contribution in [-0.2, 0) is 4.74 Å². The van der Waals surface area contributed by atoms with Gasteiger partial charge in [0.1, 0.15) is 6.10 Å². The summed E-state index contributed by atoms with van der Waals surface area (Å²) in [5.41, 5.74) is 4.83. The van der Waals surface area contributed by atoms with Crippen LogP contribution in [0.15, 0.2) is 54.6 Å². The van der Waals surface area contributed by atoms with E-state index in [4.69, 9.17) is 22.2 Å². The first-order chi connectivity index (χ1) is 9.77. The molecule has 0 heterocycles. The third-order valence-electron chi connectivity index (χ3n) is 3.20. The maximum absolute atomic E-state index is 6.28. The first kappa shape index (κ1) is 15.0. The molecule has 0 radical (unpaired) electrons. The van der Waals surface area contributed by atoms with Gasteiger partial charge in [-0.05, 0) is 24.1 Å². The number of hydrogen-bond donors (Lipinski definition) is 2. The predicted molar refractivity (Wildman–Crippen MR) is 82.3 cm³/mol. The van der Waals surface area contributed by atoms with Crippen LogP contribution in [0.2, 0.25) is 5.02 Å². The van der Waals surface area contributed by atoms with Crippen molar-refractivity contribution in [1.82, 2.24) is 5.43 Å². The van der Waals surface area contributed by atoms with Crippen molar-refractivity contribution >= 4 is 11.6 Å². The SMILES string of the molecule is CCOC(c1ccccc1)C(NN)c1ccccc1Cl. The Labute approximate surface area is 124 Å². The molecule has 3 N–H and O–H groups in total. The second-order valence-electron chi connectivity index (χ2n) is 4.45. The monoisotopic (exact) mass is 290 g/mol. The van der Waals surface area contributed by atoms with Crippen molar-refractivity contribution in [2.75, 3.05) is 6.61 Å². The molecule has 106 valence electrons. The zero-order valence-corrected chi connectivity index (χ0v) is 12.2. The number of halogens is 1. The van der Waals surface area contributed by atoms with Crippen LogP contribution in [0.4, 0.5) is 0 Å². The Morgan fingerprint density at radius 1 is 1.10 bits per heavy atom. The summed E-state index contributed by atoms with van der Waals surface area (Å²) in [5.74, 6) is 5.75. The van der Waals surface area contributed by atoms with Gasteiger partial charge in [-0.25, -0.2) is 5.43 Å². The first-order valence-electron chi connectivity index (χ1n) is 6.65. The summed E-state index contributed by atoms with van der Waals surface area (Å²) in [6, 6.07) is 17.5. The summed E-state index contributed by atoms with van der Waals surface area (Å²) in [6.45, 7) is 2.57. The zero-order chi connectivity index (χ0) is 14.4. The molecule has 0 spiro atoms. The fraction of sp³-hybridized carbons (Fsp3) is 0.250. The Morgan fingerprint density at radius 2 is 1.75 bits per heavy atom. The standard InChI is InChI=1S/C16H19ClN2O/c1-2-20-16(12-8-4-3-5-9-12)15(19-18)13-10-6-7-11-14(13)17/h3-11,15-16,19H,2,18H2,1H3. The van der Waals surface area contributed by atoms with Crippen molar-refractivity contribution < 1.29 is 4.74 Å². The Morgan fingerprint density at radius 3 is 2.35 bits per heavy atom. The third kappa shape index (κ3) is 3.38. The molecule has 3 nitrogen and oxygen atoms in total. The molecule has 2 unspecified atom stereocenters. The Balaban J connectivity index is 2.38. The van der Waals surface area contributed by atoms with Crippen molar-refractivity contribution in [1.29, 1.82) is 0 Å². The van der Waals surface area contributed by atoms with Gasteiger partial charge in [0, 0.05) is 11.6 Å². The fourth-order valence-corrected chi connectivity index (χ4v) is 2.53. The van der Waals surface area contributed by atoms with E-state index >= 15 is 0 Å². The quantitative estimate of drug-likeness (QED) is 0.631. The van der Waals surface area contributed by atoms with Gasteiger partial charge < -0.3 is 4.74 Å². The number of nitrogens with two attached hydrogens (primary N) is 1. The number of ether oxygens (including phenoxy) is 1. The van der Waals surface area contributed by atoms with E-state index in [1.807, 2.05) is 61.5 Å². The molecule has 0 aliphatic rings. The molecule has 2 rings (SSSR count). The molecule has 0 aliphatic carbocycles. The molecule has 0 saturated heterocycles. The molecule has 20 heavy (non-hydrogen) atoms. The lowest BCUT2D eigenvalue weighted by atomic mass is 9.96. The number of rotatable bonds is 6. The highest BCUT2D eigenvalue weighted by molar-refractivity contribution is 6.31. The number of benzene rings is 2. The minimum Gasteiger partial charge on any atom is -0.372 e. The van der Waals surface area contributed by atoms with E-state index in [-0.39, 0.29) is 12.1 Å². The van der Waals surface area contributed by atoms with E-state index in [2.05, 4.69) is 5.43 Å². The fourth-order valence-electron chi connectivity index (χ4n) is 2.27. The second-order valence-corrected chi connectivity index (χ2v) is 4.86. The Kier molecular flexibility index (Phi) is 5.56. The van der Waals surface area contributed by atoms with E-state index in [1.165, 1.54) is 0 Å². The second kappa shape index (κ2) is 7.41. The van der Waals surface area contributed by atoms with E-state index in [0.717, 1.165) is 11.1 Å². The van der Waals surface area contributed by atoms with Gasteiger partial charge in [0.15, 0.2) is 0 Å². The molecule has 4 heteroatoms. The normalized spacial score (nSPS) is 13.9. The van der Waals surface area contributed by atoms with Crippen molar-refractivity contribution in [3.8, 4) is 0 Å². The minimum absolute atomic E-state index is 0.189. The highest BCUT2D eigenvalue weighted by Gasteiger charge is 2.25. The van der Waals surface area contributed by atoms with Crippen molar-refractivity contribution in [2.24, 2.45) is 5.84 Å². The molecule has 0 fully saturated rings. The lowest BCUT2D eigenvalue weighted by Crippen LogP contribution is -2.34. The molecular weight excluding hydrogens is 272 g/mol. The molecule has 0 aliphatic heterocycles. The summed E-state index contributed by atoms with van der Waals surface area (Å²) in [7, 11) is 0. The Bertz CT molecular complexity index is 533. The lowest BCUT2D eigenvalue weighted by molar-refractivity contribution is 0.0327. The number of hydrogen-bond acceptors (Lipinski definition) is 3. The van der Waals surface area contributed by atoms with Gasteiger partial charge in [0.05, 0.1) is 6.04 Å². The predicted octanol–water partition coefficient (Wildman–Crippen LogP) is 3.62. The van der Waals surface area contributed by atoms with E-state index in [0.29, 0.717) is 11.6 Å². The van der Waals surface area contributed by atoms with Gasteiger partial charge in [0.2, 0.25) is 0 Å². The van der Waals surface area contributed by atoms with Crippen LogP contribution in [0.1, 0.15) is 30.2 Å². The van der Waals surface area contributed by atoms with Crippen LogP contribution in [0.3, 0.4) is 0 Å². The summed E-state index contributed by atoms with van der Waals surface area (Å²) < 4.78 is 5.89. The molecule has 0 aromatic heterocycles. The largest absolute Gasteiger partial charge is 0.372 e. The summed E-state index contributed by atoms with van der Waals surface area (Å²) in [6.07, 6.45) is -0.189. The van der Waals surface area contributed by atoms with E-state index in [1.54, 1.807) is 0 Å². The van der Waals surface area contributed by atoms with Crippen LogP contribution in [-0.4, -0.2) is 6.61 Å². The third-order valence-corrected chi connectivity index (χ3v) is 3.54. The summed E-state index contributed by atoms with van der Waals surface area (Å²) in [5, 5.41) is 0.677. The van der Waals surface area contributed by atoms with E-state index < -0.39 is 0 Å². The first-order valence-corrected chi connectivity index (χ1v) is 7.02. The molecule has 0 amide bonds. The minimum atomic E-state index is -0.203. The molecule has 0 bridgehead atoms. The highest BCUT2D eigenvalue weighted by atomic mass is 35.5. The maximum Gasteiger partial charge on any atom is 0.103 e. The summed E-state index contributed by atoms with van der Waals surface area (Å²) in [4.78, 5) is 0. The topological polar surface area (TPSA) is 47.3 Å².